The molecule has 0 fully saturated rings. The molecule has 0 atom stereocenters. The molecule has 2 nitrogen and oxygen atoms in total. The van der Waals surface area contributed by atoms with Crippen molar-refractivity contribution in [2.24, 2.45) is 0 Å². The van der Waals surface area contributed by atoms with Crippen LogP contribution in [0.2, 0.25) is 0 Å². The van der Waals surface area contributed by atoms with Gasteiger partial charge in [-0.25, -0.2) is 0 Å². The normalized spacial score (nSPS) is 17.4. The van der Waals surface area contributed by atoms with Crippen LogP contribution >= 0.6 is 0 Å². The Labute approximate surface area is 67.1 Å². The molecular weight excluding hydrogens is 111 g/mol. The average Bonchev–Trinajstić information content (AvgIpc) is 2.14. The summed E-state index contributed by atoms with van der Waals surface area (Å²) in [6.45, 7) is 0. The fraction of sp³-hybridized carbons (Fsp3) is 0.667. The number of hydrogen-bond donors (Lipinski definition) is 0. The van der Waals surface area contributed by atoms with Crippen molar-refractivity contribution in [2.75, 3.05) is 7.11 Å². The van der Waals surface area contributed by atoms with Gasteiger partial charge < -0.3 is 9.84 Å². The third-order valence-electron chi connectivity index (χ3n) is 1.37. The van der Waals surface area contributed by atoms with Crippen LogP contribution in [0.4, 0.5) is 0 Å². The molecular formula is C6H9LiO2. The van der Waals surface area contributed by atoms with Crippen LogP contribution in [-0.2, 0) is 4.74 Å². The average molecular weight is 120 g/mol. The Bertz CT molecular complexity index is 120. The van der Waals surface area contributed by atoms with Gasteiger partial charge in [0.1, 0.15) is 0 Å². The van der Waals surface area contributed by atoms with Gasteiger partial charge in [-0.05, 0) is 12.8 Å². The molecule has 0 saturated heterocycles. The summed E-state index contributed by atoms with van der Waals surface area (Å²) >= 11 is 0. The molecule has 9 heavy (non-hydrogen) atoms. The van der Waals surface area contributed by atoms with Crippen LogP contribution in [0.1, 0.15) is 19.3 Å². The predicted octanol–water partition coefficient (Wildman–Crippen LogP) is -2.61. The molecule has 0 heterocycles. The second-order valence-corrected chi connectivity index (χ2v) is 1.90. The molecule has 0 aromatic carbocycles. The van der Waals surface area contributed by atoms with E-state index in [0.717, 1.165) is 12.8 Å². The maximum absolute atomic E-state index is 10.6. The minimum Gasteiger partial charge on any atom is -0.873 e. The van der Waals surface area contributed by atoms with Gasteiger partial charge >= 0.3 is 18.9 Å². The minimum absolute atomic E-state index is 0. The van der Waals surface area contributed by atoms with Gasteiger partial charge in [-0.1, -0.05) is 5.76 Å². The second kappa shape index (κ2) is 3.87. The molecule has 0 aromatic rings. The fourth-order valence-electron chi connectivity index (χ4n) is 0.904. The molecule has 0 N–H and O–H groups in total. The molecule has 46 valence electrons. The third kappa shape index (κ3) is 1.96. The minimum atomic E-state index is 0. The molecule has 0 aromatic heterocycles. The standard InChI is InChI=1S/C6H10O2.Li/c1-8-6-4-2-3-5(6)7;/h7H,2-4H2,1H3;/q;+1/p-1. The second-order valence-electron chi connectivity index (χ2n) is 1.90. The Morgan fingerprint density at radius 3 is 2.33 bits per heavy atom. The molecule has 1 aliphatic carbocycles. The molecule has 0 saturated carbocycles. The molecule has 0 unspecified atom stereocenters. The number of rotatable bonds is 1. The van der Waals surface area contributed by atoms with Crippen LogP contribution < -0.4 is 24.0 Å². The van der Waals surface area contributed by atoms with Gasteiger partial charge in [0.05, 0.1) is 12.9 Å². The van der Waals surface area contributed by atoms with E-state index >= 15 is 0 Å². The fourth-order valence-corrected chi connectivity index (χ4v) is 0.904. The van der Waals surface area contributed by atoms with Gasteiger partial charge in [-0.3, -0.25) is 0 Å². The maximum atomic E-state index is 10.6. The number of ether oxygens (including phenoxy) is 1. The first kappa shape index (κ1) is 8.94. The quantitative estimate of drug-likeness (QED) is 0.355. The molecule has 1 rings (SSSR count). The molecule has 0 radical (unpaired) electrons. The topological polar surface area (TPSA) is 32.3 Å². The smallest absolute Gasteiger partial charge is 0.873 e. The summed E-state index contributed by atoms with van der Waals surface area (Å²) in [5.41, 5.74) is 0. The Morgan fingerprint density at radius 2 is 2.11 bits per heavy atom. The first-order valence-corrected chi connectivity index (χ1v) is 2.77. The van der Waals surface area contributed by atoms with Gasteiger partial charge in [-0.2, -0.15) is 0 Å². The molecule has 0 bridgehead atoms. The summed E-state index contributed by atoms with van der Waals surface area (Å²) in [6.07, 6.45) is 2.50. The molecule has 1 aliphatic rings. The van der Waals surface area contributed by atoms with E-state index in [9.17, 15) is 5.11 Å². The predicted molar refractivity (Wildman–Crippen MR) is 27.9 cm³/mol. The van der Waals surface area contributed by atoms with Crippen molar-refractivity contribution in [2.45, 2.75) is 19.3 Å². The number of hydrogen-bond acceptors (Lipinski definition) is 2. The number of methoxy groups -OCH3 is 1. The van der Waals surface area contributed by atoms with E-state index in [1.54, 1.807) is 7.11 Å². The van der Waals surface area contributed by atoms with Crippen LogP contribution in [0.3, 0.4) is 0 Å². The van der Waals surface area contributed by atoms with Crippen molar-refractivity contribution in [3.8, 4) is 0 Å². The van der Waals surface area contributed by atoms with Crippen molar-refractivity contribution in [1.82, 2.24) is 0 Å². The molecule has 3 heteroatoms. The Balaban J connectivity index is 0.000000640. The van der Waals surface area contributed by atoms with Crippen molar-refractivity contribution < 1.29 is 28.7 Å². The molecule has 0 aliphatic heterocycles. The Hall–Kier alpha value is -0.0626. The number of allylic oxidation sites excluding steroid dienone is 2. The van der Waals surface area contributed by atoms with E-state index in [4.69, 9.17) is 4.74 Å². The third-order valence-corrected chi connectivity index (χ3v) is 1.37. The first-order chi connectivity index (χ1) is 3.84. The summed E-state index contributed by atoms with van der Waals surface area (Å²) in [5.74, 6) is 0.845. The maximum Gasteiger partial charge on any atom is 1.00 e. The zero-order chi connectivity index (χ0) is 5.98. The van der Waals surface area contributed by atoms with E-state index < -0.39 is 0 Å². The largest absolute Gasteiger partial charge is 1.00 e. The summed E-state index contributed by atoms with van der Waals surface area (Å²) in [7, 11) is 1.55. The summed E-state index contributed by atoms with van der Waals surface area (Å²) in [4.78, 5) is 0. The van der Waals surface area contributed by atoms with E-state index in [1.807, 2.05) is 0 Å². The van der Waals surface area contributed by atoms with Crippen molar-refractivity contribution >= 4 is 0 Å². The molecule has 0 amide bonds. The van der Waals surface area contributed by atoms with E-state index in [1.165, 1.54) is 0 Å². The zero-order valence-corrected chi connectivity index (χ0v) is 5.94. The monoisotopic (exact) mass is 120 g/mol. The van der Waals surface area contributed by atoms with E-state index in [0.29, 0.717) is 12.2 Å². The summed E-state index contributed by atoms with van der Waals surface area (Å²) in [6, 6.07) is 0. The Morgan fingerprint density at radius 1 is 1.44 bits per heavy atom. The van der Waals surface area contributed by atoms with Crippen LogP contribution in [0.25, 0.3) is 0 Å². The van der Waals surface area contributed by atoms with E-state index in [-0.39, 0.29) is 24.6 Å². The Kier molecular flexibility index (Phi) is 3.84. The molecule has 0 spiro atoms. The zero-order valence-electron chi connectivity index (χ0n) is 5.94. The van der Waals surface area contributed by atoms with Gasteiger partial charge in [0, 0.05) is 6.42 Å². The van der Waals surface area contributed by atoms with Crippen molar-refractivity contribution in [3.63, 3.8) is 0 Å². The van der Waals surface area contributed by atoms with Gasteiger partial charge in [0.25, 0.3) is 0 Å². The van der Waals surface area contributed by atoms with Crippen molar-refractivity contribution in [3.05, 3.63) is 11.5 Å². The van der Waals surface area contributed by atoms with Crippen LogP contribution in [0, 0.1) is 0 Å². The van der Waals surface area contributed by atoms with Crippen molar-refractivity contribution in [1.29, 1.82) is 0 Å². The summed E-state index contributed by atoms with van der Waals surface area (Å²) < 4.78 is 4.79. The SMILES string of the molecule is COC1=C([O-])CCC1.[Li+]. The first-order valence-electron chi connectivity index (χ1n) is 2.77. The van der Waals surface area contributed by atoms with E-state index in [2.05, 4.69) is 0 Å². The van der Waals surface area contributed by atoms with Crippen LogP contribution in [0.15, 0.2) is 11.5 Å². The van der Waals surface area contributed by atoms with Crippen LogP contribution in [-0.4, -0.2) is 7.11 Å². The van der Waals surface area contributed by atoms with Gasteiger partial charge in [0.15, 0.2) is 0 Å². The van der Waals surface area contributed by atoms with Gasteiger partial charge in [0.2, 0.25) is 0 Å². The van der Waals surface area contributed by atoms with Crippen LogP contribution in [0.5, 0.6) is 0 Å². The summed E-state index contributed by atoms with van der Waals surface area (Å²) in [5, 5.41) is 10.6. The van der Waals surface area contributed by atoms with Gasteiger partial charge in [-0.15, -0.1) is 0 Å².